The number of pyridine rings is 1. The Morgan fingerprint density at radius 3 is 2.75 bits per heavy atom. The zero-order chi connectivity index (χ0) is 27.3. The molecule has 6 aromatic rings. The molecule has 9 nitrogen and oxygen atoms in total. The summed E-state index contributed by atoms with van der Waals surface area (Å²) in [4.78, 5) is 16.3. The van der Waals surface area contributed by atoms with E-state index in [9.17, 15) is 0 Å². The van der Waals surface area contributed by atoms with Crippen molar-refractivity contribution in [3.8, 4) is 17.1 Å². The third-order valence-electron chi connectivity index (χ3n) is 6.67. The zero-order valence-corrected chi connectivity index (χ0v) is 22.3. The minimum atomic E-state index is 0.460. The second kappa shape index (κ2) is 11.4. The Labute approximate surface area is 231 Å². The Balaban J connectivity index is 1.39. The number of nitrogens with one attached hydrogen (secondary N) is 2. The number of benzene rings is 3. The summed E-state index contributed by atoms with van der Waals surface area (Å²) in [5, 5.41) is 12.6. The van der Waals surface area contributed by atoms with Gasteiger partial charge in [-0.25, -0.2) is 9.97 Å². The predicted molar refractivity (Wildman–Crippen MR) is 158 cm³/mol. The molecule has 0 saturated heterocycles. The predicted octanol–water partition coefficient (Wildman–Crippen LogP) is 5.97. The normalized spacial score (nSPS) is 11.2. The Morgan fingerprint density at radius 1 is 0.925 bits per heavy atom. The summed E-state index contributed by atoms with van der Waals surface area (Å²) in [5.41, 5.74) is 5.79. The number of fused-ring (bicyclic) bond motifs is 2. The average Bonchev–Trinajstić information content (AvgIpc) is 3.48. The molecule has 0 amide bonds. The van der Waals surface area contributed by atoms with Crippen LogP contribution in [-0.2, 0) is 11.3 Å². The summed E-state index contributed by atoms with van der Waals surface area (Å²) in [6.07, 6.45) is 5.46. The molecule has 3 aromatic heterocycles. The van der Waals surface area contributed by atoms with Crippen LogP contribution in [0, 0.1) is 0 Å². The number of nitrogens with zero attached hydrogens (tertiary/aromatic N) is 5. The largest absolute Gasteiger partial charge is 0.491 e. The highest BCUT2D eigenvalue weighted by Gasteiger charge is 2.16. The fourth-order valence-electron chi connectivity index (χ4n) is 4.54. The van der Waals surface area contributed by atoms with Crippen molar-refractivity contribution >= 4 is 39.0 Å². The van der Waals surface area contributed by atoms with Gasteiger partial charge >= 0.3 is 0 Å². The van der Waals surface area contributed by atoms with E-state index in [4.69, 9.17) is 19.4 Å². The Morgan fingerprint density at radius 2 is 1.88 bits per heavy atom. The van der Waals surface area contributed by atoms with Crippen LogP contribution in [-0.4, -0.2) is 52.5 Å². The van der Waals surface area contributed by atoms with Crippen LogP contribution in [0.15, 0.2) is 91.4 Å². The molecular formula is C31H29N7O2. The number of rotatable bonds is 10. The van der Waals surface area contributed by atoms with Crippen molar-refractivity contribution < 1.29 is 9.47 Å². The van der Waals surface area contributed by atoms with Crippen LogP contribution in [0.4, 0.5) is 17.2 Å². The summed E-state index contributed by atoms with van der Waals surface area (Å²) in [5.74, 6) is 2.15. The number of hydrogen-bond donors (Lipinski definition) is 2. The Bertz CT molecular complexity index is 1750. The first-order valence-corrected chi connectivity index (χ1v) is 13.0. The lowest BCUT2D eigenvalue weighted by Gasteiger charge is -2.21. The summed E-state index contributed by atoms with van der Waals surface area (Å²) in [6.45, 7) is 1.64. The van der Waals surface area contributed by atoms with Crippen molar-refractivity contribution in [3.63, 3.8) is 0 Å². The van der Waals surface area contributed by atoms with E-state index >= 15 is 0 Å². The summed E-state index contributed by atoms with van der Waals surface area (Å²) < 4.78 is 11.1. The van der Waals surface area contributed by atoms with Crippen LogP contribution < -0.4 is 15.0 Å². The van der Waals surface area contributed by atoms with Gasteiger partial charge in [-0.2, -0.15) is 5.10 Å². The van der Waals surface area contributed by atoms with E-state index in [2.05, 4.69) is 43.6 Å². The molecule has 0 fully saturated rings. The van der Waals surface area contributed by atoms with E-state index in [0.717, 1.165) is 55.9 Å². The average molecular weight is 532 g/mol. The quantitative estimate of drug-likeness (QED) is 0.208. The van der Waals surface area contributed by atoms with Gasteiger partial charge in [0.2, 0.25) is 0 Å². The summed E-state index contributed by atoms with van der Waals surface area (Å²) >= 11 is 0. The third kappa shape index (κ3) is 5.41. The molecule has 0 atom stereocenters. The van der Waals surface area contributed by atoms with Crippen LogP contribution in [0.25, 0.3) is 33.2 Å². The van der Waals surface area contributed by atoms with Crippen molar-refractivity contribution in [2.45, 2.75) is 6.54 Å². The molecule has 0 radical (unpaired) electrons. The van der Waals surface area contributed by atoms with E-state index in [1.54, 1.807) is 13.3 Å². The van der Waals surface area contributed by atoms with Gasteiger partial charge in [0.25, 0.3) is 0 Å². The molecule has 40 heavy (non-hydrogen) atoms. The standard InChI is InChI=1S/C31H29N7O2/c1-38(25-8-10-28-23(16-25)20-34-37-28)31-27-17-26(40-14-13-39-2)9-11-29(27)35-30(36-31)22-6-3-7-24(15-22)33-19-21-5-4-12-32-18-21/h3-12,15-18,20,33H,13-14,19H2,1-2H3,(H,34,37). The topological polar surface area (TPSA) is 101 Å². The fraction of sp³-hybridized carbons (Fsp3) is 0.161. The van der Waals surface area contributed by atoms with Gasteiger partial charge in [0, 0.05) is 60.8 Å². The molecule has 0 bridgehead atoms. The van der Waals surface area contributed by atoms with Gasteiger partial charge in [-0.3, -0.25) is 10.1 Å². The van der Waals surface area contributed by atoms with E-state index in [1.165, 1.54) is 0 Å². The lowest BCUT2D eigenvalue weighted by Crippen LogP contribution is -2.13. The minimum absolute atomic E-state index is 0.460. The van der Waals surface area contributed by atoms with Crippen molar-refractivity contribution in [2.24, 2.45) is 0 Å². The van der Waals surface area contributed by atoms with Crippen molar-refractivity contribution in [3.05, 3.63) is 97.0 Å². The van der Waals surface area contributed by atoms with Crippen molar-refractivity contribution in [1.82, 2.24) is 25.1 Å². The van der Waals surface area contributed by atoms with Gasteiger partial charge in [-0.05, 0) is 60.2 Å². The van der Waals surface area contributed by atoms with Crippen molar-refractivity contribution in [1.29, 1.82) is 0 Å². The number of ether oxygens (including phenoxy) is 2. The first-order valence-electron chi connectivity index (χ1n) is 13.0. The lowest BCUT2D eigenvalue weighted by molar-refractivity contribution is 0.146. The van der Waals surface area contributed by atoms with Gasteiger partial charge in [0.1, 0.15) is 18.2 Å². The molecule has 9 heteroatoms. The molecule has 0 unspecified atom stereocenters. The van der Waals surface area contributed by atoms with Gasteiger partial charge in [-0.1, -0.05) is 18.2 Å². The second-order valence-electron chi connectivity index (χ2n) is 9.39. The Kier molecular flexibility index (Phi) is 7.19. The maximum absolute atomic E-state index is 5.91. The molecule has 2 N–H and O–H groups in total. The molecule has 0 saturated carbocycles. The molecule has 0 aliphatic heterocycles. The summed E-state index contributed by atoms with van der Waals surface area (Å²) in [6, 6.07) is 24.2. The number of hydrogen-bond acceptors (Lipinski definition) is 8. The second-order valence-corrected chi connectivity index (χ2v) is 9.39. The molecule has 3 aromatic carbocycles. The van der Waals surface area contributed by atoms with Crippen molar-refractivity contribution in [2.75, 3.05) is 37.6 Å². The SMILES string of the molecule is COCCOc1ccc2nc(-c3cccc(NCc4cccnc4)c3)nc(N(C)c3ccc4[nH]ncc4c3)c2c1. The lowest BCUT2D eigenvalue weighted by atomic mass is 10.1. The molecule has 6 rings (SSSR count). The van der Waals surface area contributed by atoms with Gasteiger partial charge < -0.3 is 19.7 Å². The number of anilines is 3. The minimum Gasteiger partial charge on any atom is -0.491 e. The highest BCUT2D eigenvalue weighted by molar-refractivity contribution is 5.95. The first kappa shape index (κ1) is 25.3. The molecule has 3 heterocycles. The Hall–Kier alpha value is -5.02. The monoisotopic (exact) mass is 531 g/mol. The third-order valence-corrected chi connectivity index (χ3v) is 6.67. The van der Waals surface area contributed by atoms with Crippen LogP contribution in [0.1, 0.15) is 5.56 Å². The number of methoxy groups -OCH3 is 1. The van der Waals surface area contributed by atoms with Gasteiger partial charge in [0.05, 0.1) is 23.8 Å². The molecule has 0 aliphatic carbocycles. The highest BCUT2D eigenvalue weighted by Crippen LogP contribution is 2.34. The molecule has 0 spiro atoms. The van der Waals surface area contributed by atoms with E-state index < -0.39 is 0 Å². The van der Waals surface area contributed by atoms with E-state index in [-0.39, 0.29) is 0 Å². The molecular weight excluding hydrogens is 502 g/mol. The van der Waals surface area contributed by atoms with Gasteiger partial charge in [0.15, 0.2) is 5.82 Å². The fourth-order valence-corrected chi connectivity index (χ4v) is 4.54. The number of aromatic amines is 1. The maximum Gasteiger partial charge on any atom is 0.162 e. The zero-order valence-electron chi connectivity index (χ0n) is 22.3. The number of aromatic nitrogens is 5. The first-order chi connectivity index (χ1) is 19.7. The van der Waals surface area contributed by atoms with E-state index in [1.807, 2.05) is 74.0 Å². The van der Waals surface area contributed by atoms with Crippen LogP contribution >= 0.6 is 0 Å². The molecule has 200 valence electrons. The van der Waals surface area contributed by atoms with Crippen LogP contribution in [0.5, 0.6) is 5.75 Å². The van der Waals surface area contributed by atoms with Gasteiger partial charge in [-0.15, -0.1) is 0 Å². The number of H-pyrrole nitrogens is 1. The highest BCUT2D eigenvalue weighted by atomic mass is 16.5. The smallest absolute Gasteiger partial charge is 0.162 e. The molecule has 0 aliphatic rings. The summed E-state index contributed by atoms with van der Waals surface area (Å²) in [7, 11) is 3.67. The van der Waals surface area contributed by atoms with Crippen LogP contribution in [0.3, 0.4) is 0 Å². The maximum atomic E-state index is 5.91. The van der Waals surface area contributed by atoms with E-state index in [0.29, 0.717) is 25.6 Å². The van der Waals surface area contributed by atoms with Crippen LogP contribution in [0.2, 0.25) is 0 Å².